The number of hydrogen-bond donors (Lipinski definition) is 0. The molecule has 13 rings (SSSR count). The molecule has 2 aromatic heterocycles. The molecular formula is C57H36O2. The van der Waals surface area contributed by atoms with Gasteiger partial charge in [-0.3, -0.25) is 0 Å². The van der Waals surface area contributed by atoms with Crippen LogP contribution in [-0.4, -0.2) is 0 Å². The highest BCUT2D eigenvalue weighted by Crippen LogP contribution is 2.53. The standard InChI is InChI=1S/C57H36O2/c1-57(2)49-28-26-34(37-21-12-23-45-48-32-52-47(31-53(48)59-56(37)45)39-16-9-10-24-51(39)58-52)29-46(49)38-27-25-35(30-50(38)57)54-41-17-5-7-19-43(41)55(44-20-8-6-18-42(44)54)40-22-11-14-33-13-3-4-15-36(33)40/h3-32H,1-2H3. The largest absolute Gasteiger partial charge is 0.456 e. The van der Waals surface area contributed by atoms with E-state index < -0.39 is 0 Å². The Morgan fingerprint density at radius 3 is 1.68 bits per heavy atom. The predicted octanol–water partition coefficient (Wildman–Crippen LogP) is 16.3. The molecule has 2 heteroatoms. The van der Waals surface area contributed by atoms with Gasteiger partial charge < -0.3 is 8.83 Å². The van der Waals surface area contributed by atoms with E-state index in [0.29, 0.717) is 0 Å². The Morgan fingerprint density at radius 1 is 0.322 bits per heavy atom. The van der Waals surface area contributed by atoms with E-state index in [1.54, 1.807) is 0 Å². The minimum absolute atomic E-state index is 0.185. The molecule has 0 bridgehead atoms. The average Bonchev–Trinajstić information content (AvgIpc) is 3.90. The normalized spacial score (nSPS) is 13.4. The van der Waals surface area contributed by atoms with Gasteiger partial charge in [0.2, 0.25) is 0 Å². The highest BCUT2D eigenvalue weighted by atomic mass is 16.3. The summed E-state index contributed by atoms with van der Waals surface area (Å²) in [6.45, 7) is 4.75. The molecule has 10 aromatic carbocycles. The van der Waals surface area contributed by atoms with E-state index in [9.17, 15) is 0 Å². The SMILES string of the molecule is CC1(C)c2ccc(-c3cccc4c3oc3cc5c(cc34)oc3ccccc35)cc2-c2ccc(-c3c4ccccc4c(-c4cccc5ccccc45)c4ccccc34)cc21. The van der Waals surface area contributed by atoms with Gasteiger partial charge in [0.1, 0.15) is 22.3 Å². The lowest BCUT2D eigenvalue weighted by atomic mass is 9.80. The van der Waals surface area contributed by atoms with Gasteiger partial charge in [0.15, 0.2) is 0 Å². The molecule has 1 aliphatic carbocycles. The van der Waals surface area contributed by atoms with Crippen molar-refractivity contribution in [1.82, 2.24) is 0 Å². The Bertz CT molecular complexity index is 3700. The summed E-state index contributed by atoms with van der Waals surface area (Å²) in [7, 11) is 0. The molecule has 0 N–H and O–H groups in total. The van der Waals surface area contributed by atoms with Crippen molar-refractivity contribution >= 4 is 76.2 Å². The molecule has 0 aliphatic heterocycles. The Labute approximate surface area is 340 Å². The van der Waals surface area contributed by atoms with Gasteiger partial charge in [-0.25, -0.2) is 0 Å². The number of furan rings is 2. The zero-order chi connectivity index (χ0) is 39.0. The first-order valence-corrected chi connectivity index (χ1v) is 20.5. The molecule has 59 heavy (non-hydrogen) atoms. The van der Waals surface area contributed by atoms with Crippen LogP contribution in [0.3, 0.4) is 0 Å². The molecule has 0 amide bonds. The smallest absolute Gasteiger partial charge is 0.143 e. The van der Waals surface area contributed by atoms with E-state index in [2.05, 4.69) is 184 Å². The van der Waals surface area contributed by atoms with Crippen molar-refractivity contribution < 1.29 is 8.83 Å². The Balaban J connectivity index is 0.974. The minimum atomic E-state index is -0.185. The summed E-state index contributed by atoms with van der Waals surface area (Å²) in [6.07, 6.45) is 0. The van der Waals surface area contributed by atoms with Gasteiger partial charge in [-0.15, -0.1) is 0 Å². The fourth-order valence-electron chi connectivity index (χ4n) is 10.5. The molecule has 0 radical (unpaired) electrons. The van der Waals surface area contributed by atoms with Gasteiger partial charge in [0.25, 0.3) is 0 Å². The third-order valence-corrected chi connectivity index (χ3v) is 13.3. The van der Waals surface area contributed by atoms with Crippen LogP contribution in [0.2, 0.25) is 0 Å². The number of fused-ring (bicyclic) bond motifs is 12. The summed E-state index contributed by atoms with van der Waals surface area (Å²) in [5, 5.41) is 11.9. The van der Waals surface area contributed by atoms with Crippen LogP contribution >= 0.6 is 0 Å². The maximum absolute atomic E-state index is 6.75. The Morgan fingerprint density at radius 2 is 0.898 bits per heavy atom. The van der Waals surface area contributed by atoms with Crippen LogP contribution in [0.1, 0.15) is 25.0 Å². The van der Waals surface area contributed by atoms with E-state index in [-0.39, 0.29) is 5.41 Å². The molecule has 1 aliphatic rings. The van der Waals surface area contributed by atoms with Crippen LogP contribution in [0.15, 0.2) is 191 Å². The molecule has 0 atom stereocenters. The molecule has 0 saturated heterocycles. The second-order valence-corrected chi connectivity index (χ2v) is 16.7. The van der Waals surface area contributed by atoms with Crippen molar-refractivity contribution in [2.75, 3.05) is 0 Å². The maximum Gasteiger partial charge on any atom is 0.143 e. The monoisotopic (exact) mass is 752 g/mol. The number of hydrogen-bond acceptors (Lipinski definition) is 2. The van der Waals surface area contributed by atoms with Crippen LogP contribution < -0.4 is 0 Å². The number of para-hydroxylation sites is 2. The second-order valence-electron chi connectivity index (χ2n) is 16.7. The highest BCUT2D eigenvalue weighted by molar-refractivity contribution is 6.24. The highest BCUT2D eigenvalue weighted by Gasteiger charge is 2.36. The molecule has 2 heterocycles. The van der Waals surface area contributed by atoms with Crippen molar-refractivity contribution in [3.63, 3.8) is 0 Å². The Kier molecular flexibility index (Phi) is 6.54. The molecular weight excluding hydrogens is 717 g/mol. The molecule has 2 nitrogen and oxygen atoms in total. The van der Waals surface area contributed by atoms with Crippen LogP contribution in [0.25, 0.3) is 121 Å². The molecule has 0 unspecified atom stereocenters. The van der Waals surface area contributed by atoms with E-state index in [1.165, 1.54) is 76.8 Å². The topological polar surface area (TPSA) is 26.3 Å². The van der Waals surface area contributed by atoms with Crippen LogP contribution in [-0.2, 0) is 5.41 Å². The van der Waals surface area contributed by atoms with Crippen LogP contribution in [0.4, 0.5) is 0 Å². The first-order valence-electron chi connectivity index (χ1n) is 20.5. The van der Waals surface area contributed by atoms with Gasteiger partial charge in [-0.1, -0.05) is 166 Å². The molecule has 12 aromatic rings. The van der Waals surface area contributed by atoms with Crippen LogP contribution in [0, 0.1) is 0 Å². The lowest BCUT2D eigenvalue weighted by molar-refractivity contribution is 0.660. The zero-order valence-electron chi connectivity index (χ0n) is 32.6. The summed E-state index contributed by atoms with van der Waals surface area (Å²) in [4.78, 5) is 0. The minimum Gasteiger partial charge on any atom is -0.456 e. The molecule has 0 saturated carbocycles. The first-order chi connectivity index (χ1) is 29.0. The van der Waals surface area contributed by atoms with Gasteiger partial charge >= 0.3 is 0 Å². The molecule has 0 spiro atoms. The van der Waals surface area contributed by atoms with Gasteiger partial charge in [-0.2, -0.15) is 0 Å². The lowest BCUT2D eigenvalue weighted by Crippen LogP contribution is -2.15. The van der Waals surface area contributed by atoms with E-state index in [0.717, 1.165) is 55.0 Å². The van der Waals surface area contributed by atoms with Crippen molar-refractivity contribution in [2.24, 2.45) is 0 Å². The first kappa shape index (κ1) is 32.6. The maximum atomic E-state index is 6.75. The summed E-state index contributed by atoms with van der Waals surface area (Å²) >= 11 is 0. The lowest BCUT2D eigenvalue weighted by Gasteiger charge is -2.23. The Hall–Kier alpha value is -7.42. The van der Waals surface area contributed by atoms with Crippen LogP contribution in [0.5, 0.6) is 0 Å². The number of benzene rings is 10. The average molecular weight is 753 g/mol. The van der Waals surface area contributed by atoms with Gasteiger partial charge in [0.05, 0.1) is 0 Å². The summed E-state index contributed by atoms with van der Waals surface area (Å²) in [5.74, 6) is 0. The fraction of sp³-hybridized carbons (Fsp3) is 0.0526. The van der Waals surface area contributed by atoms with E-state index >= 15 is 0 Å². The summed E-state index contributed by atoms with van der Waals surface area (Å²) in [6, 6.07) is 66.6. The summed E-state index contributed by atoms with van der Waals surface area (Å²) in [5.41, 5.74) is 16.0. The third kappa shape index (κ3) is 4.52. The fourth-order valence-corrected chi connectivity index (χ4v) is 10.5. The van der Waals surface area contributed by atoms with Crippen molar-refractivity contribution in [3.05, 3.63) is 193 Å². The molecule has 0 fully saturated rings. The van der Waals surface area contributed by atoms with E-state index in [1.807, 2.05) is 12.1 Å². The quantitative estimate of drug-likeness (QED) is 0.168. The van der Waals surface area contributed by atoms with Gasteiger partial charge in [0, 0.05) is 32.5 Å². The molecule has 276 valence electrons. The van der Waals surface area contributed by atoms with Crippen molar-refractivity contribution in [3.8, 4) is 44.5 Å². The van der Waals surface area contributed by atoms with Gasteiger partial charge in [-0.05, 0) is 113 Å². The van der Waals surface area contributed by atoms with Crippen molar-refractivity contribution in [2.45, 2.75) is 19.3 Å². The third-order valence-electron chi connectivity index (χ3n) is 13.3. The summed E-state index contributed by atoms with van der Waals surface area (Å²) < 4.78 is 13.0. The second kappa shape index (κ2) is 11.8. The predicted molar refractivity (Wildman–Crippen MR) is 247 cm³/mol. The van der Waals surface area contributed by atoms with E-state index in [4.69, 9.17) is 8.83 Å². The number of rotatable bonds is 3. The zero-order valence-corrected chi connectivity index (χ0v) is 32.6. The van der Waals surface area contributed by atoms with Crippen molar-refractivity contribution in [1.29, 1.82) is 0 Å².